The average molecular weight is 392 g/mol. The van der Waals surface area contributed by atoms with Crippen LogP contribution in [0, 0.1) is 25.7 Å². The third-order valence-electron chi connectivity index (χ3n) is 5.23. The van der Waals surface area contributed by atoms with Crippen molar-refractivity contribution in [2.75, 3.05) is 26.2 Å². The van der Waals surface area contributed by atoms with Crippen molar-refractivity contribution < 1.29 is 19.1 Å². The van der Waals surface area contributed by atoms with Crippen molar-refractivity contribution in [3.63, 3.8) is 0 Å². The van der Waals surface area contributed by atoms with Gasteiger partial charge in [0.1, 0.15) is 5.69 Å². The smallest absolute Gasteiger partial charge is 0.340 e. The molecule has 7 heteroatoms. The van der Waals surface area contributed by atoms with Gasteiger partial charge < -0.3 is 19.9 Å². The zero-order chi connectivity index (χ0) is 20.8. The Morgan fingerprint density at radius 2 is 2.00 bits per heavy atom. The second kappa shape index (κ2) is 9.75. The van der Waals surface area contributed by atoms with Crippen molar-refractivity contribution in [3.8, 4) is 0 Å². The number of aryl methyl sites for hydroxylation is 1. The highest BCUT2D eigenvalue weighted by molar-refractivity contribution is 6.00. The summed E-state index contributed by atoms with van der Waals surface area (Å²) >= 11 is 0. The predicted molar refractivity (Wildman–Crippen MR) is 107 cm³/mol. The number of ether oxygens (including phenoxy) is 1. The molecule has 28 heavy (non-hydrogen) atoms. The molecule has 0 bridgehead atoms. The van der Waals surface area contributed by atoms with E-state index in [4.69, 9.17) is 4.74 Å². The number of nitrogens with zero attached hydrogens (tertiary/aromatic N) is 1. The van der Waals surface area contributed by atoms with Crippen LogP contribution in [-0.2, 0) is 9.53 Å². The predicted octanol–water partition coefficient (Wildman–Crippen LogP) is 2.82. The Balaban J connectivity index is 2.07. The van der Waals surface area contributed by atoms with Gasteiger partial charge in [-0.3, -0.25) is 9.59 Å². The summed E-state index contributed by atoms with van der Waals surface area (Å²) in [5, 5.41) is 2.99. The van der Waals surface area contributed by atoms with Crippen molar-refractivity contribution in [1.29, 1.82) is 0 Å². The van der Waals surface area contributed by atoms with Gasteiger partial charge in [0, 0.05) is 25.3 Å². The molecule has 1 aliphatic heterocycles. The molecule has 0 radical (unpaired) electrons. The van der Waals surface area contributed by atoms with Crippen LogP contribution in [-0.4, -0.2) is 53.9 Å². The molecule has 0 saturated carbocycles. The molecule has 0 aromatic carbocycles. The third kappa shape index (κ3) is 5.14. The number of aromatic nitrogens is 1. The molecule has 1 fully saturated rings. The molecule has 156 valence electrons. The molecule has 7 nitrogen and oxygen atoms in total. The van der Waals surface area contributed by atoms with Crippen LogP contribution in [0.15, 0.2) is 0 Å². The van der Waals surface area contributed by atoms with Crippen LogP contribution in [0.3, 0.4) is 0 Å². The topological polar surface area (TPSA) is 91.5 Å². The van der Waals surface area contributed by atoms with Crippen molar-refractivity contribution in [3.05, 3.63) is 22.5 Å². The van der Waals surface area contributed by atoms with Gasteiger partial charge in [0.05, 0.1) is 18.1 Å². The molecule has 1 unspecified atom stereocenters. The van der Waals surface area contributed by atoms with Crippen LogP contribution in [0.1, 0.15) is 72.1 Å². The van der Waals surface area contributed by atoms with Gasteiger partial charge >= 0.3 is 5.97 Å². The normalized spacial score (nSPS) is 16.9. The van der Waals surface area contributed by atoms with E-state index in [0.29, 0.717) is 48.1 Å². The summed E-state index contributed by atoms with van der Waals surface area (Å²) in [6.07, 6.45) is 2.52. The number of amides is 2. The van der Waals surface area contributed by atoms with Gasteiger partial charge in [0.25, 0.3) is 5.91 Å². The fraction of sp³-hybridized carbons (Fsp3) is 0.667. The quantitative estimate of drug-likeness (QED) is 0.699. The van der Waals surface area contributed by atoms with Gasteiger partial charge in [-0.1, -0.05) is 13.8 Å². The van der Waals surface area contributed by atoms with E-state index in [9.17, 15) is 14.4 Å². The molecule has 2 rings (SSSR count). The van der Waals surface area contributed by atoms with E-state index in [1.165, 1.54) is 0 Å². The first-order chi connectivity index (χ1) is 13.3. The van der Waals surface area contributed by atoms with Crippen molar-refractivity contribution in [1.82, 2.24) is 15.2 Å². The lowest BCUT2D eigenvalue weighted by Gasteiger charge is -2.32. The molecule has 2 heterocycles. The number of hydrogen-bond acceptors (Lipinski definition) is 4. The molecular weight excluding hydrogens is 358 g/mol. The summed E-state index contributed by atoms with van der Waals surface area (Å²) in [4.78, 5) is 42.4. The molecular formula is C21H33N3O4. The molecule has 2 N–H and O–H groups in total. The second-order valence-corrected chi connectivity index (χ2v) is 7.91. The highest BCUT2D eigenvalue weighted by Gasteiger charge is 2.31. The van der Waals surface area contributed by atoms with Gasteiger partial charge in [-0.05, 0) is 51.5 Å². The number of piperidine rings is 1. The molecule has 1 saturated heterocycles. The summed E-state index contributed by atoms with van der Waals surface area (Å²) in [5.74, 6) is -0.224. The maximum absolute atomic E-state index is 13.0. The Morgan fingerprint density at radius 1 is 1.29 bits per heavy atom. The van der Waals surface area contributed by atoms with Crippen molar-refractivity contribution in [2.45, 2.75) is 53.9 Å². The van der Waals surface area contributed by atoms with Crippen LogP contribution in [0.25, 0.3) is 0 Å². The Morgan fingerprint density at radius 3 is 2.64 bits per heavy atom. The highest BCUT2D eigenvalue weighted by Crippen LogP contribution is 2.23. The van der Waals surface area contributed by atoms with Crippen LogP contribution in [0.4, 0.5) is 0 Å². The van der Waals surface area contributed by atoms with E-state index in [2.05, 4.69) is 24.1 Å². The Kier molecular flexibility index (Phi) is 7.66. The van der Waals surface area contributed by atoms with E-state index in [1.54, 1.807) is 25.7 Å². The Hall–Kier alpha value is -2.31. The zero-order valence-electron chi connectivity index (χ0n) is 17.7. The van der Waals surface area contributed by atoms with Crippen LogP contribution < -0.4 is 5.32 Å². The van der Waals surface area contributed by atoms with Gasteiger partial charge in [-0.25, -0.2) is 4.79 Å². The fourth-order valence-electron chi connectivity index (χ4n) is 3.64. The summed E-state index contributed by atoms with van der Waals surface area (Å²) < 4.78 is 5.09. The summed E-state index contributed by atoms with van der Waals surface area (Å²) in [5.41, 5.74) is 2.05. The first-order valence-electron chi connectivity index (χ1n) is 10.2. The average Bonchev–Trinajstić information content (AvgIpc) is 2.95. The maximum Gasteiger partial charge on any atom is 0.340 e. The molecule has 1 aliphatic rings. The van der Waals surface area contributed by atoms with E-state index < -0.39 is 5.97 Å². The number of H-pyrrole nitrogens is 1. The monoisotopic (exact) mass is 391 g/mol. The van der Waals surface area contributed by atoms with E-state index in [-0.39, 0.29) is 24.3 Å². The minimum Gasteiger partial charge on any atom is -0.462 e. The minimum atomic E-state index is -0.422. The SMILES string of the molecule is CCOC(=O)c1c(C)[nH]c(C(=O)N2CCCC(C(=O)NCCC(C)C)C2)c1C. The number of carbonyl (C=O) groups excluding carboxylic acids is 3. The number of likely N-dealkylation sites (tertiary alicyclic amines) is 1. The lowest BCUT2D eigenvalue weighted by atomic mass is 9.96. The van der Waals surface area contributed by atoms with Gasteiger partial charge in [-0.2, -0.15) is 0 Å². The Labute approximate surface area is 167 Å². The number of carbonyl (C=O) groups is 3. The molecule has 1 atom stereocenters. The first kappa shape index (κ1) is 22.0. The van der Waals surface area contributed by atoms with Crippen LogP contribution >= 0.6 is 0 Å². The summed E-state index contributed by atoms with van der Waals surface area (Å²) in [6, 6.07) is 0. The van der Waals surface area contributed by atoms with E-state index in [1.807, 2.05) is 0 Å². The molecule has 2 amide bonds. The lowest BCUT2D eigenvalue weighted by Crippen LogP contribution is -2.46. The minimum absolute atomic E-state index is 0.0183. The highest BCUT2D eigenvalue weighted by atomic mass is 16.5. The first-order valence-corrected chi connectivity index (χ1v) is 10.2. The van der Waals surface area contributed by atoms with Crippen molar-refractivity contribution in [2.24, 2.45) is 11.8 Å². The van der Waals surface area contributed by atoms with Crippen LogP contribution in [0.5, 0.6) is 0 Å². The fourth-order valence-corrected chi connectivity index (χ4v) is 3.64. The number of rotatable bonds is 7. The maximum atomic E-state index is 13.0. The zero-order valence-corrected chi connectivity index (χ0v) is 17.7. The standard InChI is InChI=1S/C21H33N3O4/c1-6-28-21(27)17-14(4)18(23-15(17)5)20(26)24-11-7-8-16(12-24)19(25)22-10-9-13(2)3/h13,16,23H,6-12H2,1-5H3,(H,22,25). The van der Waals surface area contributed by atoms with Crippen LogP contribution in [0.2, 0.25) is 0 Å². The van der Waals surface area contributed by atoms with Gasteiger partial charge in [-0.15, -0.1) is 0 Å². The Bertz CT molecular complexity index is 723. The van der Waals surface area contributed by atoms with E-state index in [0.717, 1.165) is 19.3 Å². The van der Waals surface area contributed by atoms with Gasteiger partial charge in [0.15, 0.2) is 0 Å². The molecule has 0 spiro atoms. The third-order valence-corrected chi connectivity index (χ3v) is 5.23. The number of aromatic amines is 1. The lowest BCUT2D eigenvalue weighted by molar-refractivity contribution is -0.126. The second-order valence-electron chi connectivity index (χ2n) is 7.91. The number of nitrogens with one attached hydrogen (secondary N) is 2. The number of esters is 1. The largest absolute Gasteiger partial charge is 0.462 e. The summed E-state index contributed by atoms with van der Waals surface area (Å²) in [7, 11) is 0. The van der Waals surface area contributed by atoms with Crippen molar-refractivity contribution >= 4 is 17.8 Å². The molecule has 1 aromatic heterocycles. The number of hydrogen-bond donors (Lipinski definition) is 2. The summed E-state index contributed by atoms with van der Waals surface area (Å²) in [6.45, 7) is 11.5. The van der Waals surface area contributed by atoms with Gasteiger partial charge in [0.2, 0.25) is 5.91 Å². The molecule has 0 aliphatic carbocycles. The molecule has 1 aromatic rings. The van der Waals surface area contributed by atoms with E-state index >= 15 is 0 Å².